The average Bonchev–Trinajstić information content (AvgIpc) is 3.21. The Morgan fingerprint density at radius 1 is 1.24 bits per heavy atom. The van der Waals surface area contributed by atoms with Crippen LogP contribution in [0.2, 0.25) is 0 Å². The molecule has 0 atom stereocenters. The van der Waals surface area contributed by atoms with Crippen molar-refractivity contribution in [2.45, 2.75) is 17.8 Å². The molecule has 1 aromatic carbocycles. The van der Waals surface area contributed by atoms with Gasteiger partial charge in [0.05, 0.1) is 5.69 Å². The highest BCUT2D eigenvalue weighted by Gasteiger charge is 2.13. The first kappa shape index (κ1) is 16.0. The van der Waals surface area contributed by atoms with Crippen molar-refractivity contribution in [1.29, 1.82) is 0 Å². The highest BCUT2D eigenvalue weighted by atomic mass is 32.2. The summed E-state index contributed by atoms with van der Waals surface area (Å²) < 4.78 is 3.53. The van der Waals surface area contributed by atoms with Crippen molar-refractivity contribution in [3.8, 4) is 11.4 Å². The first-order valence-electron chi connectivity index (χ1n) is 7.67. The molecule has 0 spiro atoms. The van der Waals surface area contributed by atoms with Gasteiger partial charge < -0.3 is 4.57 Å². The van der Waals surface area contributed by atoms with Crippen molar-refractivity contribution >= 4 is 28.1 Å². The van der Waals surface area contributed by atoms with Crippen molar-refractivity contribution in [1.82, 2.24) is 24.1 Å². The quantitative estimate of drug-likeness (QED) is 0.517. The van der Waals surface area contributed by atoms with Crippen LogP contribution in [0.5, 0.6) is 0 Å². The summed E-state index contributed by atoms with van der Waals surface area (Å²) in [5.41, 5.74) is 2.92. The van der Waals surface area contributed by atoms with Crippen molar-refractivity contribution < 1.29 is 0 Å². The molecule has 25 heavy (non-hydrogen) atoms. The highest BCUT2D eigenvalue weighted by Crippen LogP contribution is 2.26. The monoisotopic (exact) mass is 369 g/mol. The molecule has 0 unspecified atom stereocenters. The number of aromatic nitrogens is 5. The summed E-state index contributed by atoms with van der Waals surface area (Å²) in [7, 11) is 1.95. The standard InChI is InChI=1S/C17H15N5OS2/c1-11-5-3-4-6-13(11)15-19-20-17(21(15)2)25-10-12-9-14(23)22-7-8-24-16(22)18-12/h3-9H,10H2,1-2H3. The molecule has 0 N–H and O–H groups in total. The molecule has 0 bridgehead atoms. The highest BCUT2D eigenvalue weighted by molar-refractivity contribution is 7.98. The number of hydrogen-bond donors (Lipinski definition) is 0. The van der Waals surface area contributed by atoms with E-state index in [0.717, 1.165) is 27.8 Å². The number of hydrogen-bond acceptors (Lipinski definition) is 6. The van der Waals surface area contributed by atoms with Gasteiger partial charge in [0.2, 0.25) is 0 Å². The lowest BCUT2D eigenvalue weighted by Crippen LogP contribution is -2.12. The van der Waals surface area contributed by atoms with Crippen LogP contribution in [0.1, 0.15) is 11.3 Å². The van der Waals surface area contributed by atoms with Gasteiger partial charge in [-0.2, -0.15) is 0 Å². The molecule has 6 nitrogen and oxygen atoms in total. The van der Waals surface area contributed by atoms with E-state index in [1.165, 1.54) is 23.1 Å². The number of rotatable bonds is 4. The van der Waals surface area contributed by atoms with Gasteiger partial charge >= 0.3 is 0 Å². The molecule has 0 aliphatic carbocycles. The van der Waals surface area contributed by atoms with E-state index in [0.29, 0.717) is 10.7 Å². The van der Waals surface area contributed by atoms with Crippen LogP contribution >= 0.6 is 23.1 Å². The van der Waals surface area contributed by atoms with E-state index in [4.69, 9.17) is 0 Å². The molecule has 3 heterocycles. The lowest BCUT2D eigenvalue weighted by Gasteiger charge is -2.06. The zero-order chi connectivity index (χ0) is 17.4. The van der Waals surface area contributed by atoms with Crippen LogP contribution in [0.25, 0.3) is 16.3 Å². The minimum absolute atomic E-state index is 0.0552. The first-order chi connectivity index (χ1) is 12.1. The number of thioether (sulfide) groups is 1. The van der Waals surface area contributed by atoms with Gasteiger partial charge in [-0.25, -0.2) is 4.98 Å². The van der Waals surface area contributed by atoms with E-state index in [-0.39, 0.29) is 5.56 Å². The van der Waals surface area contributed by atoms with Gasteiger partial charge in [-0.05, 0) is 12.5 Å². The SMILES string of the molecule is Cc1ccccc1-c1nnc(SCc2cc(=O)n3ccsc3n2)n1C. The van der Waals surface area contributed by atoms with Crippen molar-refractivity contribution in [2.75, 3.05) is 0 Å². The van der Waals surface area contributed by atoms with Gasteiger partial charge in [0.1, 0.15) is 0 Å². The van der Waals surface area contributed by atoms with Crippen molar-refractivity contribution in [2.24, 2.45) is 7.05 Å². The molecule has 0 radical (unpaired) electrons. The molecule has 0 aliphatic heterocycles. The third-order valence-electron chi connectivity index (χ3n) is 3.93. The van der Waals surface area contributed by atoms with E-state index in [9.17, 15) is 4.79 Å². The molecule has 4 rings (SSSR count). The number of nitrogens with zero attached hydrogens (tertiary/aromatic N) is 5. The molecule has 0 aliphatic rings. The fourth-order valence-corrected chi connectivity index (χ4v) is 4.14. The maximum Gasteiger partial charge on any atom is 0.258 e. The Kier molecular flexibility index (Phi) is 4.14. The largest absolute Gasteiger partial charge is 0.305 e. The molecule has 8 heteroatoms. The summed E-state index contributed by atoms with van der Waals surface area (Å²) in [4.78, 5) is 17.3. The van der Waals surface area contributed by atoms with Crippen LogP contribution in [-0.4, -0.2) is 24.1 Å². The number of aryl methyl sites for hydroxylation is 1. The maximum absolute atomic E-state index is 12.1. The molecule has 3 aromatic heterocycles. The van der Waals surface area contributed by atoms with E-state index >= 15 is 0 Å². The van der Waals surface area contributed by atoms with Crippen LogP contribution in [0, 0.1) is 6.92 Å². The normalized spacial score (nSPS) is 11.3. The Labute approximate surface area is 152 Å². The Morgan fingerprint density at radius 3 is 2.92 bits per heavy atom. The molecule has 4 aromatic rings. The van der Waals surface area contributed by atoms with Gasteiger partial charge in [0, 0.05) is 36.0 Å². The molecular formula is C17H15N5OS2. The van der Waals surface area contributed by atoms with Crippen LogP contribution in [0.3, 0.4) is 0 Å². The third kappa shape index (κ3) is 2.98. The Bertz CT molecular complexity index is 1110. The van der Waals surface area contributed by atoms with E-state index in [1.807, 2.05) is 35.2 Å². The van der Waals surface area contributed by atoms with E-state index in [1.54, 1.807) is 16.7 Å². The van der Waals surface area contributed by atoms with Gasteiger partial charge in [0.15, 0.2) is 15.9 Å². The Balaban J connectivity index is 1.59. The third-order valence-corrected chi connectivity index (χ3v) is 5.74. The summed E-state index contributed by atoms with van der Waals surface area (Å²) in [5, 5.41) is 11.3. The van der Waals surface area contributed by atoms with Gasteiger partial charge in [-0.3, -0.25) is 9.20 Å². The zero-order valence-electron chi connectivity index (χ0n) is 13.7. The molecule has 0 saturated carbocycles. The number of thiazole rings is 1. The molecule has 0 saturated heterocycles. The fourth-order valence-electron chi connectivity index (χ4n) is 2.60. The second-order valence-electron chi connectivity index (χ2n) is 5.61. The maximum atomic E-state index is 12.1. The lowest BCUT2D eigenvalue weighted by molar-refractivity contribution is 0.793. The van der Waals surface area contributed by atoms with Crippen LogP contribution in [-0.2, 0) is 12.8 Å². The predicted molar refractivity (Wildman–Crippen MR) is 100 cm³/mol. The van der Waals surface area contributed by atoms with Gasteiger partial charge in [0.25, 0.3) is 5.56 Å². The second-order valence-corrected chi connectivity index (χ2v) is 7.43. The first-order valence-corrected chi connectivity index (χ1v) is 9.54. The van der Waals surface area contributed by atoms with Gasteiger partial charge in [-0.1, -0.05) is 36.0 Å². The smallest absolute Gasteiger partial charge is 0.258 e. The summed E-state index contributed by atoms with van der Waals surface area (Å²) in [6.45, 7) is 2.06. The second kappa shape index (κ2) is 6.45. The fraction of sp³-hybridized carbons (Fsp3) is 0.176. The zero-order valence-corrected chi connectivity index (χ0v) is 15.3. The molecule has 0 fully saturated rings. The van der Waals surface area contributed by atoms with Crippen LogP contribution in [0.4, 0.5) is 0 Å². The number of fused-ring (bicyclic) bond motifs is 1. The summed E-state index contributed by atoms with van der Waals surface area (Å²) in [6.07, 6.45) is 1.74. The summed E-state index contributed by atoms with van der Waals surface area (Å²) in [6, 6.07) is 9.68. The van der Waals surface area contributed by atoms with Gasteiger partial charge in [-0.15, -0.1) is 21.5 Å². The van der Waals surface area contributed by atoms with Crippen molar-refractivity contribution in [3.63, 3.8) is 0 Å². The molecule has 126 valence electrons. The Morgan fingerprint density at radius 2 is 2.08 bits per heavy atom. The average molecular weight is 369 g/mol. The Hall–Kier alpha value is -2.45. The van der Waals surface area contributed by atoms with Crippen LogP contribution in [0.15, 0.2) is 51.9 Å². The number of benzene rings is 1. The molecule has 0 amide bonds. The summed E-state index contributed by atoms with van der Waals surface area (Å²) in [5.74, 6) is 1.41. The summed E-state index contributed by atoms with van der Waals surface area (Å²) >= 11 is 2.98. The minimum atomic E-state index is -0.0552. The minimum Gasteiger partial charge on any atom is -0.305 e. The van der Waals surface area contributed by atoms with Crippen molar-refractivity contribution in [3.05, 3.63) is 63.5 Å². The predicted octanol–water partition coefficient (Wildman–Crippen LogP) is 3.15. The topological polar surface area (TPSA) is 65.1 Å². The van der Waals surface area contributed by atoms with E-state index < -0.39 is 0 Å². The van der Waals surface area contributed by atoms with E-state index in [2.05, 4.69) is 28.2 Å². The lowest BCUT2D eigenvalue weighted by atomic mass is 10.1. The van der Waals surface area contributed by atoms with Crippen LogP contribution < -0.4 is 5.56 Å². The molecular weight excluding hydrogens is 354 g/mol.